The highest BCUT2D eigenvalue weighted by Crippen LogP contribution is 2.31. The van der Waals surface area contributed by atoms with Gasteiger partial charge < -0.3 is 5.11 Å². The molecule has 0 radical (unpaired) electrons. The number of halogens is 1. The van der Waals surface area contributed by atoms with Crippen LogP contribution in [0.5, 0.6) is 0 Å². The molecule has 1 aromatic carbocycles. The van der Waals surface area contributed by atoms with Crippen molar-refractivity contribution in [2.45, 2.75) is 44.6 Å². The molecule has 0 aromatic heterocycles. The summed E-state index contributed by atoms with van der Waals surface area (Å²) in [5, 5.41) is 21.6. The van der Waals surface area contributed by atoms with Crippen LogP contribution in [0.4, 0.5) is 5.69 Å². The molecule has 0 spiro atoms. The molecule has 1 N–H and O–H groups in total. The van der Waals surface area contributed by atoms with Gasteiger partial charge in [0.15, 0.2) is 0 Å². The highest BCUT2D eigenvalue weighted by molar-refractivity contribution is 6.30. The number of rotatable bonds is 3. The highest BCUT2D eigenvalue weighted by atomic mass is 35.5. The number of hydrogen-bond acceptors (Lipinski definition) is 3. The fourth-order valence-corrected chi connectivity index (χ4v) is 2.98. The smallest absolute Gasteiger partial charge is 0.272 e. The van der Waals surface area contributed by atoms with Gasteiger partial charge in [-0.25, -0.2) is 0 Å². The third kappa shape index (κ3) is 3.67. The molecule has 1 saturated carbocycles. The van der Waals surface area contributed by atoms with E-state index in [1.54, 1.807) is 6.07 Å². The molecule has 1 aliphatic rings. The maximum absolute atomic E-state index is 11.0. The van der Waals surface area contributed by atoms with Crippen molar-refractivity contribution in [3.05, 3.63) is 38.9 Å². The van der Waals surface area contributed by atoms with Gasteiger partial charge in [-0.05, 0) is 37.3 Å². The summed E-state index contributed by atoms with van der Waals surface area (Å²) in [6.07, 6.45) is 5.12. The van der Waals surface area contributed by atoms with Crippen molar-refractivity contribution in [3.63, 3.8) is 0 Å². The van der Waals surface area contributed by atoms with E-state index in [9.17, 15) is 15.2 Å². The van der Waals surface area contributed by atoms with Crippen molar-refractivity contribution in [1.82, 2.24) is 0 Å². The van der Waals surface area contributed by atoms with Crippen molar-refractivity contribution in [3.8, 4) is 0 Å². The number of benzene rings is 1. The molecule has 4 nitrogen and oxygen atoms in total. The second kappa shape index (κ2) is 6.35. The number of nitro benzene ring substituents is 1. The zero-order chi connectivity index (χ0) is 13.8. The van der Waals surface area contributed by atoms with Gasteiger partial charge in [-0.1, -0.05) is 30.9 Å². The van der Waals surface area contributed by atoms with Crippen molar-refractivity contribution in [2.75, 3.05) is 0 Å². The first-order valence-corrected chi connectivity index (χ1v) is 7.06. The van der Waals surface area contributed by atoms with Gasteiger partial charge in [0.1, 0.15) is 0 Å². The van der Waals surface area contributed by atoms with Crippen LogP contribution in [-0.2, 0) is 6.42 Å². The molecule has 1 fully saturated rings. The lowest BCUT2D eigenvalue weighted by Gasteiger charge is -2.20. The molecular formula is C14H18ClNO3. The first-order valence-electron chi connectivity index (χ1n) is 6.69. The summed E-state index contributed by atoms with van der Waals surface area (Å²) in [5.41, 5.74) is 0.726. The molecule has 0 saturated heterocycles. The maximum Gasteiger partial charge on any atom is 0.272 e. The summed E-state index contributed by atoms with van der Waals surface area (Å²) >= 11 is 5.92. The van der Waals surface area contributed by atoms with Gasteiger partial charge in [-0.2, -0.15) is 0 Å². The standard InChI is InChI=1S/C14H18ClNO3/c15-12-6-7-13(16(18)19)11(9-12)8-10-4-2-1-3-5-14(10)17/h6-7,9-10,14,17H,1-5,8H2. The van der Waals surface area contributed by atoms with Crippen LogP contribution in [-0.4, -0.2) is 16.1 Å². The van der Waals surface area contributed by atoms with E-state index >= 15 is 0 Å². The molecule has 19 heavy (non-hydrogen) atoms. The molecule has 0 amide bonds. The van der Waals surface area contributed by atoms with Crippen molar-refractivity contribution < 1.29 is 10.0 Å². The topological polar surface area (TPSA) is 63.4 Å². The Hall–Kier alpha value is -1.13. The van der Waals surface area contributed by atoms with Gasteiger partial charge >= 0.3 is 0 Å². The lowest BCUT2D eigenvalue weighted by atomic mass is 9.89. The molecule has 104 valence electrons. The van der Waals surface area contributed by atoms with E-state index in [0.717, 1.165) is 32.1 Å². The Morgan fingerprint density at radius 1 is 1.32 bits per heavy atom. The lowest BCUT2D eigenvalue weighted by Crippen LogP contribution is -2.21. The summed E-state index contributed by atoms with van der Waals surface area (Å²) in [6.45, 7) is 0. The fraction of sp³-hybridized carbons (Fsp3) is 0.571. The van der Waals surface area contributed by atoms with E-state index in [0.29, 0.717) is 17.0 Å². The molecular weight excluding hydrogens is 266 g/mol. The summed E-state index contributed by atoms with van der Waals surface area (Å²) in [5.74, 6) is 0.0969. The van der Waals surface area contributed by atoms with E-state index in [1.807, 2.05) is 0 Å². The number of hydrogen-bond donors (Lipinski definition) is 1. The molecule has 0 bridgehead atoms. The number of aliphatic hydroxyl groups is 1. The van der Waals surface area contributed by atoms with Crippen LogP contribution < -0.4 is 0 Å². The monoisotopic (exact) mass is 283 g/mol. The zero-order valence-corrected chi connectivity index (χ0v) is 11.5. The van der Waals surface area contributed by atoms with E-state index in [1.165, 1.54) is 12.1 Å². The van der Waals surface area contributed by atoms with Crippen molar-refractivity contribution >= 4 is 17.3 Å². The second-order valence-corrected chi connectivity index (χ2v) is 5.64. The summed E-state index contributed by atoms with van der Waals surface area (Å²) in [4.78, 5) is 10.6. The number of nitrogens with zero attached hydrogens (tertiary/aromatic N) is 1. The van der Waals surface area contributed by atoms with Crippen LogP contribution in [0.2, 0.25) is 5.02 Å². The minimum atomic E-state index is -0.380. The highest BCUT2D eigenvalue weighted by Gasteiger charge is 2.25. The molecule has 1 aromatic rings. The molecule has 2 atom stereocenters. The van der Waals surface area contributed by atoms with Crippen molar-refractivity contribution in [2.24, 2.45) is 5.92 Å². The first kappa shape index (κ1) is 14.3. The van der Waals surface area contributed by atoms with E-state index in [4.69, 9.17) is 11.6 Å². The minimum absolute atomic E-state index is 0.0969. The van der Waals surface area contributed by atoms with E-state index in [2.05, 4.69) is 0 Å². The Bertz CT molecular complexity index is 464. The maximum atomic E-state index is 11.0. The van der Waals surface area contributed by atoms with Gasteiger partial charge in [-0.15, -0.1) is 0 Å². The van der Waals surface area contributed by atoms with Crippen LogP contribution in [0.3, 0.4) is 0 Å². The normalized spacial score (nSPS) is 23.9. The quantitative estimate of drug-likeness (QED) is 0.522. The molecule has 2 unspecified atom stereocenters. The van der Waals surface area contributed by atoms with Crippen LogP contribution >= 0.6 is 11.6 Å². The lowest BCUT2D eigenvalue weighted by molar-refractivity contribution is -0.385. The third-order valence-electron chi connectivity index (χ3n) is 3.84. The van der Waals surface area contributed by atoms with Gasteiger partial charge in [0.05, 0.1) is 11.0 Å². The number of aliphatic hydroxyl groups excluding tert-OH is 1. The Balaban J connectivity index is 2.21. The molecule has 5 heteroatoms. The first-order chi connectivity index (χ1) is 9.08. The van der Waals surface area contributed by atoms with E-state index in [-0.39, 0.29) is 22.6 Å². The van der Waals surface area contributed by atoms with E-state index < -0.39 is 0 Å². The summed E-state index contributed by atoms with van der Waals surface area (Å²) in [6, 6.07) is 4.63. The van der Waals surface area contributed by atoms with Crippen LogP contribution in [0.25, 0.3) is 0 Å². The number of nitro groups is 1. The second-order valence-electron chi connectivity index (χ2n) is 5.20. The SMILES string of the molecule is O=[N+]([O-])c1ccc(Cl)cc1CC1CCCCCC1O. The van der Waals surface area contributed by atoms with Crippen LogP contribution in [0.1, 0.15) is 37.7 Å². The Morgan fingerprint density at radius 2 is 2.05 bits per heavy atom. The average Bonchev–Trinajstić information content (AvgIpc) is 2.55. The minimum Gasteiger partial charge on any atom is -0.393 e. The van der Waals surface area contributed by atoms with Gasteiger partial charge in [0, 0.05) is 16.7 Å². The van der Waals surface area contributed by atoms with Gasteiger partial charge in [0.2, 0.25) is 0 Å². The predicted octanol–water partition coefficient (Wildman–Crippen LogP) is 3.73. The molecule has 0 heterocycles. The molecule has 0 aliphatic heterocycles. The zero-order valence-electron chi connectivity index (χ0n) is 10.7. The molecule has 2 rings (SSSR count). The predicted molar refractivity (Wildman–Crippen MR) is 74.4 cm³/mol. The third-order valence-corrected chi connectivity index (χ3v) is 4.07. The van der Waals surface area contributed by atoms with Crippen LogP contribution in [0.15, 0.2) is 18.2 Å². The Kier molecular flexibility index (Phi) is 4.77. The summed E-state index contributed by atoms with van der Waals surface area (Å²) in [7, 11) is 0. The van der Waals surface area contributed by atoms with Gasteiger partial charge in [0.25, 0.3) is 5.69 Å². The average molecular weight is 284 g/mol. The van der Waals surface area contributed by atoms with Crippen LogP contribution in [0, 0.1) is 16.0 Å². The summed E-state index contributed by atoms with van der Waals surface area (Å²) < 4.78 is 0. The van der Waals surface area contributed by atoms with Gasteiger partial charge in [-0.3, -0.25) is 10.1 Å². The Morgan fingerprint density at radius 3 is 2.79 bits per heavy atom. The van der Waals surface area contributed by atoms with Crippen molar-refractivity contribution in [1.29, 1.82) is 0 Å². The molecule has 1 aliphatic carbocycles. The fourth-order valence-electron chi connectivity index (χ4n) is 2.78. The Labute approximate surface area is 117 Å². The largest absolute Gasteiger partial charge is 0.393 e.